The van der Waals surface area contributed by atoms with Gasteiger partial charge >= 0.3 is 0 Å². The predicted molar refractivity (Wildman–Crippen MR) is 143 cm³/mol. The molecule has 2 aromatic carbocycles. The minimum Gasteiger partial charge on any atom is -0.407 e. The highest BCUT2D eigenvalue weighted by Gasteiger charge is 2.51. The molecule has 4 atom stereocenters. The molecule has 182 valence electrons. The molecule has 3 nitrogen and oxygen atoms in total. The second-order valence-electron chi connectivity index (χ2n) is 10.8. The van der Waals surface area contributed by atoms with Crippen molar-refractivity contribution in [1.29, 1.82) is 0 Å². The Balaban J connectivity index is 1.73. The van der Waals surface area contributed by atoms with Crippen LogP contribution >= 0.6 is 0 Å². The third kappa shape index (κ3) is 4.87. The van der Waals surface area contributed by atoms with E-state index in [-0.39, 0.29) is 11.1 Å². The molecule has 2 aliphatic carbocycles. The van der Waals surface area contributed by atoms with Crippen LogP contribution in [0.1, 0.15) is 40.5 Å². The molecule has 0 aliphatic heterocycles. The lowest BCUT2D eigenvalue weighted by molar-refractivity contribution is -0.103. The maximum absolute atomic E-state index is 7.37. The fourth-order valence-electron chi connectivity index (χ4n) is 5.96. The highest BCUT2D eigenvalue weighted by atomic mass is 28.4. The van der Waals surface area contributed by atoms with E-state index in [1.807, 2.05) is 0 Å². The quantitative estimate of drug-likeness (QED) is 0.361. The van der Waals surface area contributed by atoms with Crippen molar-refractivity contribution < 1.29 is 13.9 Å². The Labute approximate surface area is 207 Å². The smallest absolute Gasteiger partial charge is 0.261 e. The van der Waals surface area contributed by atoms with Gasteiger partial charge in [-0.15, -0.1) is 0 Å². The first-order valence-electron chi connectivity index (χ1n) is 12.6. The van der Waals surface area contributed by atoms with E-state index in [2.05, 4.69) is 107 Å². The van der Waals surface area contributed by atoms with Gasteiger partial charge in [0.15, 0.2) is 0 Å². The molecule has 0 aromatic heterocycles. The van der Waals surface area contributed by atoms with Gasteiger partial charge in [-0.25, -0.2) is 0 Å². The Kier molecular flexibility index (Phi) is 7.93. The summed E-state index contributed by atoms with van der Waals surface area (Å²) in [5.74, 6) is 1.12. The summed E-state index contributed by atoms with van der Waals surface area (Å²) in [6.07, 6.45) is 9.34. The second-order valence-corrected chi connectivity index (χ2v) is 15.1. The largest absolute Gasteiger partial charge is 0.407 e. The second kappa shape index (κ2) is 10.7. The van der Waals surface area contributed by atoms with Crippen LogP contribution in [0.15, 0.2) is 84.5 Å². The summed E-state index contributed by atoms with van der Waals surface area (Å²) in [6.45, 7) is 10.4. The lowest BCUT2D eigenvalue weighted by Gasteiger charge is -2.46. The summed E-state index contributed by atoms with van der Waals surface area (Å²) in [5, 5.41) is 2.64. The Morgan fingerprint density at radius 1 is 0.941 bits per heavy atom. The minimum atomic E-state index is -2.58. The van der Waals surface area contributed by atoms with Crippen LogP contribution < -0.4 is 10.4 Å². The molecule has 0 saturated carbocycles. The summed E-state index contributed by atoms with van der Waals surface area (Å²) < 4.78 is 18.9. The molecular weight excluding hydrogens is 436 g/mol. The number of fused-ring (bicyclic) bond motifs is 1. The SMILES string of the molecule is COCO[C@H]1CCC=C2C=C[C@H](C)[C@H](CO[Si](c3ccccc3)(c3ccccc3)C(C)(C)C)[C@H]21. The molecule has 0 bridgehead atoms. The Hall–Kier alpha value is -1.98. The molecule has 4 heteroatoms. The third-order valence-corrected chi connectivity index (χ3v) is 12.7. The van der Waals surface area contributed by atoms with E-state index in [0.29, 0.717) is 31.2 Å². The van der Waals surface area contributed by atoms with E-state index in [9.17, 15) is 0 Å². The number of hydrogen-bond acceptors (Lipinski definition) is 3. The van der Waals surface area contributed by atoms with Crippen molar-refractivity contribution in [1.82, 2.24) is 0 Å². The monoisotopic (exact) mass is 476 g/mol. The van der Waals surface area contributed by atoms with Crippen LogP contribution in [-0.4, -0.2) is 34.9 Å². The zero-order valence-corrected chi connectivity index (χ0v) is 22.4. The van der Waals surface area contributed by atoms with Crippen LogP contribution in [0.4, 0.5) is 0 Å². The van der Waals surface area contributed by atoms with Gasteiger partial charge in [0.05, 0.1) is 6.10 Å². The normalized spacial score (nSPS) is 25.0. The molecule has 2 aliphatic rings. The van der Waals surface area contributed by atoms with Gasteiger partial charge in [0.25, 0.3) is 8.32 Å². The lowest BCUT2D eigenvalue weighted by Crippen LogP contribution is -2.67. The molecule has 0 fully saturated rings. The topological polar surface area (TPSA) is 27.7 Å². The molecule has 0 amide bonds. The van der Waals surface area contributed by atoms with E-state index in [1.165, 1.54) is 15.9 Å². The van der Waals surface area contributed by atoms with Gasteiger partial charge in [0, 0.05) is 19.6 Å². The first kappa shape index (κ1) is 25.1. The van der Waals surface area contributed by atoms with E-state index in [0.717, 1.165) is 12.8 Å². The van der Waals surface area contributed by atoms with E-state index < -0.39 is 8.32 Å². The van der Waals surface area contributed by atoms with Crippen LogP contribution in [-0.2, 0) is 13.9 Å². The zero-order valence-electron chi connectivity index (χ0n) is 21.4. The highest BCUT2D eigenvalue weighted by Crippen LogP contribution is 2.43. The van der Waals surface area contributed by atoms with Gasteiger partial charge < -0.3 is 13.9 Å². The molecule has 34 heavy (non-hydrogen) atoms. The van der Waals surface area contributed by atoms with Crippen molar-refractivity contribution in [3.63, 3.8) is 0 Å². The standard InChI is InChI=1S/C30H40O3Si/c1-23-19-20-24-13-12-18-28(32-22-31-5)29(24)27(23)21-33-34(30(2,3)4,25-14-8-6-9-15-25)26-16-10-7-11-17-26/h6-11,13-17,19-20,23,27-29H,12,18,21-22H2,1-5H3/t23-,27-,28-,29-/m0/s1. The fourth-order valence-corrected chi connectivity index (χ4v) is 10.6. The van der Waals surface area contributed by atoms with E-state index in [1.54, 1.807) is 7.11 Å². The number of rotatable bonds is 8. The summed E-state index contributed by atoms with van der Waals surface area (Å²) in [7, 11) is -0.875. The molecule has 2 aromatic rings. The molecule has 4 rings (SSSR count). The van der Waals surface area contributed by atoms with Crippen LogP contribution in [0.2, 0.25) is 5.04 Å². The van der Waals surface area contributed by atoms with Crippen molar-refractivity contribution in [3.05, 3.63) is 84.5 Å². The summed E-state index contributed by atoms with van der Waals surface area (Å²) >= 11 is 0. The van der Waals surface area contributed by atoms with Gasteiger partial charge in [0.1, 0.15) is 6.79 Å². The number of methoxy groups -OCH3 is 1. The van der Waals surface area contributed by atoms with Gasteiger partial charge in [-0.1, -0.05) is 107 Å². The van der Waals surface area contributed by atoms with Crippen LogP contribution in [0, 0.1) is 17.8 Å². The number of benzene rings is 2. The Bertz CT molecular complexity index is 938. The number of hydrogen-bond donors (Lipinski definition) is 0. The highest BCUT2D eigenvalue weighted by molar-refractivity contribution is 6.99. The van der Waals surface area contributed by atoms with Gasteiger partial charge in [0.2, 0.25) is 0 Å². The maximum Gasteiger partial charge on any atom is 0.261 e. The van der Waals surface area contributed by atoms with E-state index in [4.69, 9.17) is 13.9 Å². The molecular formula is C30H40O3Si. The molecule has 0 unspecified atom stereocenters. The average molecular weight is 477 g/mol. The number of allylic oxidation sites excluding steroid dienone is 3. The van der Waals surface area contributed by atoms with Crippen molar-refractivity contribution in [2.45, 2.75) is 51.7 Å². The maximum atomic E-state index is 7.37. The zero-order chi connectivity index (χ0) is 24.2. The van der Waals surface area contributed by atoms with Crippen LogP contribution in [0.25, 0.3) is 0 Å². The predicted octanol–water partition coefficient (Wildman–Crippen LogP) is 5.71. The minimum absolute atomic E-state index is 0.0271. The van der Waals surface area contributed by atoms with Gasteiger partial charge in [-0.05, 0) is 45.7 Å². The van der Waals surface area contributed by atoms with Crippen molar-refractivity contribution in [3.8, 4) is 0 Å². The molecule has 0 N–H and O–H groups in total. The molecule has 0 saturated heterocycles. The van der Waals surface area contributed by atoms with Gasteiger partial charge in [-0.2, -0.15) is 0 Å². The van der Waals surface area contributed by atoms with Gasteiger partial charge in [-0.3, -0.25) is 0 Å². The average Bonchev–Trinajstić information content (AvgIpc) is 2.84. The van der Waals surface area contributed by atoms with Crippen molar-refractivity contribution in [2.75, 3.05) is 20.5 Å². The summed E-state index contributed by atoms with van der Waals surface area (Å²) in [5.41, 5.74) is 1.40. The lowest BCUT2D eigenvalue weighted by atomic mass is 9.69. The molecule has 0 radical (unpaired) electrons. The van der Waals surface area contributed by atoms with E-state index >= 15 is 0 Å². The van der Waals surface area contributed by atoms with Crippen LogP contribution in [0.3, 0.4) is 0 Å². The molecule has 0 spiro atoms. The fraction of sp³-hybridized carbons (Fsp3) is 0.467. The summed E-state index contributed by atoms with van der Waals surface area (Å²) in [6, 6.07) is 21.9. The third-order valence-electron chi connectivity index (χ3n) is 7.65. The van der Waals surface area contributed by atoms with Crippen LogP contribution in [0.5, 0.6) is 0 Å². The summed E-state index contributed by atoms with van der Waals surface area (Å²) in [4.78, 5) is 0. The first-order chi connectivity index (χ1) is 16.4. The van der Waals surface area contributed by atoms with Crippen molar-refractivity contribution >= 4 is 18.7 Å². The Morgan fingerprint density at radius 2 is 1.56 bits per heavy atom. The Morgan fingerprint density at radius 3 is 2.12 bits per heavy atom. The van der Waals surface area contributed by atoms with Crippen molar-refractivity contribution in [2.24, 2.45) is 17.8 Å². The molecule has 0 heterocycles. The first-order valence-corrected chi connectivity index (χ1v) is 14.5. The number of ether oxygens (including phenoxy) is 2.